The Morgan fingerprint density at radius 3 is 2.55 bits per heavy atom. The second-order valence-corrected chi connectivity index (χ2v) is 7.07. The molecule has 2 aliphatic rings. The van der Waals surface area contributed by atoms with E-state index in [4.69, 9.17) is 29.1 Å². The molecular formula is C20H19N5O6. The Hall–Kier alpha value is -3.86. The number of aliphatic carboxylic acids is 2. The van der Waals surface area contributed by atoms with Gasteiger partial charge in [-0.05, 0) is 23.3 Å². The second-order valence-electron chi connectivity index (χ2n) is 7.07. The Labute approximate surface area is 176 Å². The first-order valence-electron chi connectivity index (χ1n) is 9.54. The summed E-state index contributed by atoms with van der Waals surface area (Å²) >= 11 is 0. The zero-order valence-corrected chi connectivity index (χ0v) is 16.3. The molecule has 160 valence electrons. The number of carboxylic acid groups (broad SMARTS) is 2. The fraction of sp³-hybridized carbons (Fsp3) is 0.300. The van der Waals surface area contributed by atoms with E-state index in [1.165, 1.54) is 11.1 Å². The Morgan fingerprint density at radius 2 is 1.84 bits per heavy atom. The maximum Gasteiger partial charge on any atom is 0.414 e. The van der Waals surface area contributed by atoms with E-state index in [0.717, 1.165) is 38.4 Å². The van der Waals surface area contributed by atoms with Gasteiger partial charge in [0.1, 0.15) is 5.75 Å². The van der Waals surface area contributed by atoms with E-state index in [9.17, 15) is 0 Å². The van der Waals surface area contributed by atoms with Crippen LogP contribution in [0.4, 0.5) is 0 Å². The predicted molar refractivity (Wildman–Crippen MR) is 104 cm³/mol. The number of fused-ring (bicyclic) bond motifs is 1. The molecule has 0 amide bonds. The summed E-state index contributed by atoms with van der Waals surface area (Å²) in [7, 11) is 0. The molecular weight excluding hydrogens is 406 g/mol. The van der Waals surface area contributed by atoms with Crippen LogP contribution in [0, 0.1) is 0 Å². The molecule has 1 fully saturated rings. The highest BCUT2D eigenvalue weighted by Gasteiger charge is 2.33. The van der Waals surface area contributed by atoms with E-state index in [1.54, 1.807) is 18.5 Å². The standard InChI is InChI=1S/C18H17N5O2.C2H2O4/c1-5-19-16(20-6-1)17-21-18(25-22-17)14-10-23(11-14)9-12-2-3-15-13(8-12)4-7-24-15;3-1(4)2(5)6/h1-3,5-6,8,14H,4,7,9-11H2;(H,3,4)(H,5,6). The molecule has 0 bridgehead atoms. The van der Waals surface area contributed by atoms with E-state index in [-0.39, 0.29) is 5.92 Å². The number of hydrogen-bond acceptors (Lipinski definition) is 9. The molecule has 0 unspecified atom stereocenters. The van der Waals surface area contributed by atoms with Crippen LogP contribution in [-0.4, -0.2) is 66.9 Å². The monoisotopic (exact) mass is 425 g/mol. The van der Waals surface area contributed by atoms with Crippen molar-refractivity contribution in [2.75, 3.05) is 19.7 Å². The maximum atomic E-state index is 9.10. The molecule has 11 heteroatoms. The van der Waals surface area contributed by atoms with Crippen molar-refractivity contribution in [1.29, 1.82) is 0 Å². The van der Waals surface area contributed by atoms with Crippen LogP contribution < -0.4 is 4.74 Å². The summed E-state index contributed by atoms with van der Waals surface area (Å²) in [6.45, 7) is 3.58. The van der Waals surface area contributed by atoms with Gasteiger partial charge in [-0.3, -0.25) is 4.90 Å². The van der Waals surface area contributed by atoms with Crippen LogP contribution in [0.3, 0.4) is 0 Å². The number of benzene rings is 1. The Morgan fingerprint density at radius 1 is 1.10 bits per heavy atom. The van der Waals surface area contributed by atoms with Crippen molar-refractivity contribution < 1.29 is 29.1 Å². The Balaban J connectivity index is 0.000000342. The minimum Gasteiger partial charge on any atom is -0.493 e. The van der Waals surface area contributed by atoms with Crippen LogP contribution in [0.5, 0.6) is 5.75 Å². The van der Waals surface area contributed by atoms with Gasteiger partial charge in [0.2, 0.25) is 17.5 Å². The first-order valence-corrected chi connectivity index (χ1v) is 9.54. The number of rotatable bonds is 4. The van der Waals surface area contributed by atoms with Gasteiger partial charge in [-0.1, -0.05) is 17.3 Å². The third-order valence-electron chi connectivity index (χ3n) is 4.86. The van der Waals surface area contributed by atoms with Crippen molar-refractivity contribution >= 4 is 11.9 Å². The first-order chi connectivity index (χ1) is 15.0. The lowest BCUT2D eigenvalue weighted by Crippen LogP contribution is -2.44. The molecule has 0 radical (unpaired) electrons. The maximum absolute atomic E-state index is 9.10. The van der Waals surface area contributed by atoms with Crippen molar-refractivity contribution in [2.45, 2.75) is 18.9 Å². The van der Waals surface area contributed by atoms with Crippen LogP contribution in [0.2, 0.25) is 0 Å². The topological polar surface area (TPSA) is 152 Å². The average Bonchev–Trinajstić information content (AvgIpc) is 3.40. The van der Waals surface area contributed by atoms with Gasteiger partial charge in [-0.25, -0.2) is 19.6 Å². The molecule has 0 saturated carbocycles. The van der Waals surface area contributed by atoms with Crippen molar-refractivity contribution in [3.8, 4) is 17.4 Å². The Kier molecular flexibility index (Phi) is 5.85. The average molecular weight is 425 g/mol. The zero-order valence-electron chi connectivity index (χ0n) is 16.3. The lowest BCUT2D eigenvalue weighted by atomic mass is 9.98. The molecule has 2 aromatic heterocycles. The lowest BCUT2D eigenvalue weighted by molar-refractivity contribution is -0.159. The number of likely N-dealkylation sites (tertiary alicyclic amines) is 1. The summed E-state index contributed by atoms with van der Waals surface area (Å²) in [5.41, 5.74) is 2.64. The van der Waals surface area contributed by atoms with E-state index >= 15 is 0 Å². The molecule has 0 atom stereocenters. The highest BCUT2D eigenvalue weighted by atomic mass is 16.5. The molecule has 0 aliphatic carbocycles. The summed E-state index contributed by atoms with van der Waals surface area (Å²) in [6.07, 6.45) is 4.36. The highest BCUT2D eigenvalue weighted by Crippen LogP contribution is 2.30. The smallest absolute Gasteiger partial charge is 0.414 e. The summed E-state index contributed by atoms with van der Waals surface area (Å²) in [5.74, 6) is -0.720. The zero-order chi connectivity index (χ0) is 21.8. The fourth-order valence-electron chi connectivity index (χ4n) is 3.36. The molecule has 2 N–H and O–H groups in total. The summed E-state index contributed by atoms with van der Waals surface area (Å²) < 4.78 is 11.0. The van der Waals surface area contributed by atoms with Crippen molar-refractivity contribution in [3.63, 3.8) is 0 Å². The number of hydrogen-bond donors (Lipinski definition) is 2. The van der Waals surface area contributed by atoms with Gasteiger partial charge in [0.05, 0.1) is 12.5 Å². The Bertz CT molecular complexity index is 1070. The molecule has 1 saturated heterocycles. The van der Waals surface area contributed by atoms with Gasteiger partial charge in [-0.2, -0.15) is 4.98 Å². The normalized spacial score (nSPS) is 15.2. The minimum absolute atomic E-state index is 0.280. The quantitative estimate of drug-likeness (QED) is 0.580. The van der Waals surface area contributed by atoms with Crippen molar-refractivity contribution in [3.05, 3.63) is 53.7 Å². The highest BCUT2D eigenvalue weighted by molar-refractivity contribution is 6.27. The summed E-state index contributed by atoms with van der Waals surface area (Å²) in [6, 6.07) is 8.25. The van der Waals surface area contributed by atoms with Crippen LogP contribution >= 0.6 is 0 Å². The van der Waals surface area contributed by atoms with Crippen LogP contribution in [0.15, 0.2) is 41.2 Å². The number of nitrogens with zero attached hydrogens (tertiary/aromatic N) is 5. The van der Waals surface area contributed by atoms with E-state index in [1.807, 2.05) is 0 Å². The fourth-order valence-corrected chi connectivity index (χ4v) is 3.36. The van der Waals surface area contributed by atoms with Crippen LogP contribution in [0.25, 0.3) is 11.6 Å². The first kappa shape index (κ1) is 20.4. The van der Waals surface area contributed by atoms with Gasteiger partial charge >= 0.3 is 11.9 Å². The van der Waals surface area contributed by atoms with Crippen LogP contribution in [0.1, 0.15) is 22.9 Å². The minimum atomic E-state index is -1.82. The molecule has 5 rings (SSSR count). The number of carbonyl (C=O) groups is 2. The van der Waals surface area contributed by atoms with Crippen molar-refractivity contribution in [2.24, 2.45) is 0 Å². The molecule has 31 heavy (non-hydrogen) atoms. The molecule has 11 nitrogen and oxygen atoms in total. The van der Waals surface area contributed by atoms with Gasteiger partial charge in [-0.15, -0.1) is 0 Å². The molecule has 3 aromatic rings. The molecule has 0 spiro atoms. The summed E-state index contributed by atoms with van der Waals surface area (Å²) in [5, 5.41) is 18.8. The molecule has 2 aliphatic heterocycles. The van der Waals surface area contributed by atoms with E-state index in [0.29, 0.717) is 17.5 Å². The molecule has 4 heterocycles. The lowest BCUT2D eigenvalue weighted by Gasteiger charge is -2.37. The predicted octanol–water partition coefficient (Wildman–Crippen LogP) is 1.22. The number of aromatic nitrogens is 4. The van der Waals surface area contributed by atoms with E-state index < -0.39 is 11.9 Å². The number of ether oxygens (including phenoxy) is 1. The second kappa shape index (κ2) is 8.88. The van der Waals surface area contributed by atoms with Crippen LogP contribution in [-0.2, 0) is 22.6 Å². The third kappa shape index (κ3) is 4.83. The molecule has 1 aromatic carbocycles. The largest absolute Gasteiger partial charge is 0.493 e. The van der Waals surface area contributed by atoms with Crippen molar-refractivity contribution in [1.82, 2.24) is 25.0 Å². The summed E-state index contributed by atoms with van der Waals surface area (Å²) in [4.78, 5) is 33.3. The van der Waals surface area contributed by atoms with Gasteiger partial charge in [0.25, 0.3) is 0 Å². The SMILES string of the molecule is O=C(O)C(=O)O.c1cnc(-c2noc(C3CN(Cc4ccc5c(c4)CCO5)C3)n2)nc1. The van der Waals surface area contributed by atoms with Gasteiger partial charge in [0, 0.05) is 38.4 Å². The van der Waals surface area contributed by atoms with E-state index in [2.05, 4.69) is 43.2 Å². The third-order valence-corrected chi connectivity index (χ3v) is 4.86. The number of carboxylic acids is 2. The van der Waals surface area contributed by atoms with Gasteiger partial charge < -0.3 is 19.5 Å². The van der Waals surface area contributed by atoms with Gasteiger partial charge in [0.15, 0.2) is 0 Å².